The van der Waals surface area contributed by atoms with Gasteiger partial charge in [-0.25, -0.2) is 4.79 Å². The van der Waals surface area contributed by atoms with E-state index in [1.807, 2.05) is 0 Å². The Balaban J connectivity index is 2.75. The maximum Gasteiger partial charge on any atom is 0.450 e. The molecule has 5 nitrogen and oxygen atoms in total. The molecular weight excluding hydrogens is 186 g/mol. The lowest BCUT2D eigenvalue weighted by Crippen LogP contribution is -2.22. The first-order valence-electron chi connectivity index (χ1n) is 3.93. The van der Waals surface area contributed by atoms with Crippen LogP contribution in [0.2, 0.25) is 0 Å². The first-order chi connectivity index (χ1) is 6.74. The van der Waals surface area contributed by atoms with Crippen molar-refractivity contribution in [2.24, 2.45) is 0 Å². The first-order valence-corrected chi connectivity index (χ1v) is 3.93. The molecule has 0 unspecified atom stereocenters. The van der Waals surface area contributed by atoms with Crippen molar-refractivity contribution in [2.45, 2.75) is 0 Å². The molecule has 2 rings (SSSR count). The van der Waals surface area contributed by atoms with Crippen LogP contribution in [0.4, 0.5) is 4.79 Å². The van der Waals surface area contributed by atoms with Gasteiger partial charge < -0.3 is 9.26 Å². The fourth-order valence-electron chi connectivity index (χ4n) is 1.18. The van der Waals surface area contributed by atoms with Crippen molar-refractivity contribution in [1.82, 2.24) is 4.74 Å². The van der Waals surface area contributed by atoms with Crippen molar-refractivity contribution < 1.29 is 14.1 Å². The summed E-state index contributed by atoms with van der Waals surface area (Å²) in [5.74, 6) is 0. The van der Waals surface area contributed by atoms with Crippen molar-refractivity contribution >= 4 is 17.1 Å². The van der Waals surface area contributed by atoms with Gasteiger partial charge >= 0.3 is 11.7 Å². The Hall–Kier alpha value is -2.04. The van der Waals surface area contributed by atoms with Gasteiger partial charge in [-0.3, -0.25) is 4.79 Å². The number of carbonyl (C=O) groups is 1. The summed E-state index contributed by atoms with van der Waals surface area (Å²) in [7, 11) is 1.18. The molecule has 2 aromatic rings. The zero-order valence-corrected chi connectivity index (χ0v) is 7.39. The predicted molar refractivity (Wildman–Crippen MR) is 48.3 cm³/mol. The highest BCUT2D eigenvalue weighted by Gasteiger charge is 2.14. The second-order valence-electron chi connectivity index (χ2n) is 2.66. The number of methoxy groups -OCH3 is 1. The molecule has 0 fully saturated rings. The lowest BCUT2D eigenvalue weighted by molar-refractivity contribution is 0.143. The van der Waals surface area contributed by atoms with E-state index in [0.717, 1.165) is 0 Å². The number of carbonyl (C=O) groups excluding carboxylic acids is 1. The van der Waals surface area contributed by atoms with Crippen LogP contribution in [-0.2, 0) is 4.74 Å². The van der Waals surface area contributed by atoms with Crippen molar-refractivity contribution in [2.75, 3.05) is 7.11 Å². The van der Waals surface area contributed by atoms with E-state index in [9.17, 15) is 9.59 Å². The molecule has 0 saturated carbocycles. The molecule has 0 saturated heterocycles. The van der Waals surface area contributed by atoms with Gasteiger partial charge in [-0.2, -0.15) is 0 Å². The number of rotatable bonds is 0. The summed E-state index contributed by atoms with van der Waals surface area (Å²) in [6.07, 6.45) is -0.828. The molecule has 0 aliphatic rings. The van der Waals surface area contributed by atoms with Crippen LogP contribution in [0.3, 0.4) is 0 Å². The largest absolute Gasteiger partial charge is 0.450 e. The Morgan fingerprint density at radius 3 is 2.79 bits per heavy atom. The van der Waals surface area contributed by atoms with Crippen LogP contribution < -0.4 is 5.56 Å². The maximum atomic E-state index is 11.5. The molecule has 5 heteroatoms. The van der Waals surface area contributed by atoms with E-state index in [-0.39, 0.29) is 0 Å². The molecule has 0 amide bonds. The summed E-state index contributed by atoms with van der Waals surface area (Å²) >= 11 is 0. The molecule has 0 N–H and O–H groups in total. The van der Waals surface area contributed by atoms with Crippen LogP contribution in [0, 0.1) is 0 Å². The van der Waals surface area contributed by atoms with Gasteiger partial charge in [0.2, 0.25) is 0 Å². The number of fused-ring (bicyclic) bond motifs is 1. The average molecular weight is 193 g/mol. The molecule has 0 bridgehead atoms. The Morgan fingerprint density at radius 2 is 2.14 bits per heavy atom. The topological polar surface area (TPSA) is 61.4 Å². The second-order valence-corrected chi connectivity index (χ2v) is 2.66. The number of aromatic nitrogens is 1. The molecule has 0 spiro atoms. The van der Waals surface area contributed by atoms with Gasteiger partial charge in [0.25, 0.3) is 0 Å². The molecule has 0 radical (unpaired) electrons. The number of hydrogen-bond donors (Lipinski definition) is 0. The van der Waals surface area contributed by atoms with E-state index in [2.05, 4.69) is 4.74 Å². The van der Waals surface area contributed by atoms with Gasteiger partial charge in [0.05, 0.1) is 12.5 Å². The van der Waals surface area contributed by atoms with Crippen LogP contribution in [0.15, 0.2) is 33.6 Å². The van der Waals surface area contributed by atoms with Gasteiger partial charge in [-0.15, -0.1) is 0 Å². The predicted octanol–water partition coefficient (Wildman–Crippen LogP) is 1.21. The van der Waals surface area contributed by atoms with Crippen LogP contribution in [0.25, 0.3) is 11.0 Å². The number of hydrogen-bond acceptors (Lipinski definition) is 4. The SMILES string of the molecule is COC(=O)n1oc2ccccc2c1=O. The summed E-state index contributed by atoms with van der Waals surface area (Å²) in [5, 5.41) is 0.359. The summed E-state index contributed by atoms with van der Waals surface area (Å²) in [6.45, 7) is 0. The Kier molecular flexibility index (Phi) is 1.85. The summed E-state index contributed by atoms with van der Waals surface area (Å²) in [6, 6.07) is 6.60. The second kappa shape index (κ2) is 3.02. The first kappa shape index (κ1) is 8.55. The van der Waals surface area contributed by atoms with Gasteiger partial charge in [0.15, 0.2) is 5.58 Å². The molecule has 14 heavy (non-hydrogen) atoms. The Bertz CT molecular complexity index is 537. The van der Waals surface area contributed by atoms with E-state index in [0.29, 0.717) is 15.7 Å². The highest BCUT2D eigenvalue weighted by Crippen LogP contribution is 2.09. The number of para-hydroxylation sites is 1. The number of nitrogens with zero attached hydrogens (tertiary/aromatic N) is 1. The smallest absolute Gasteiger partial charge is 0.450 e. The summed E-state index contributed by atoms with van der Waals surface area (Å²) in [4.78, 5) is 22.5. The van der Waals surface area contributed by atoms with Gasteiger partial charge in [-0.1, -0.05) is 16.9 Å². The molecule has 1 heterocycles. The van der Waals surface area contributed by atoms with E-state index in [1.165, 1.54) is 7.11 Å². The van der Waals surface area contributed by atoms with Crippen molar-refractivity contribution in [3.8, 4) is 0 Å². The molecule has 0 atom stereocenters. The Morgan fingerprint density at radius 1 is 1.43 bits per heavy atom. The normalized spacial score (nSPS) is 10.4. The lowest BCUT2D eigenvalue weighted by atomic mass is 10.3. The van der Waals surface area contributed by atoms with E-state index < -0.39 is 11.7 Å². The van der Waals surface area contributed by atoms with Crippen molar-refractivity contribution in [3.05, 3.63) is 34.6 Å². The van der Waals surface area contributed by atoms with Crippen LogP contribution in [0.5, 0.6) is 0 Å². The van der Waals surface area contributed by atoms with Gasteiger partial charge in [0, 0.05) is 0 Å². The molecule has 72 valence electrons. The minimum Gasteiger partial charge on any atom is -0.450 e. The van der Waals surface area contributed by atoms with Crippen LogP contribution in [0.1, 0.15) is 0 Å². The summed E-state index contributed by atoms with van der Waals surface area (Å²) in [5.41, 5.74) is -0.143. The quantitative estimate of drug-likeness (QED) is 0.630. The highest BCUT2D eigenvalue weighted by atomic mass is 16.6. The molecule has 0 aliphatic carbocycles. The standard InChI is InChI=1S/C9H7NO4/c1-13-9(12)10-8(11)6-4-2-3-5-7(6)14-10/h2-5H,1H3. The lowest BCUT2D eigenvalue weighted by Gasteiger charge is -1.93. The van der Waals surface area contributed by atoms with E-state index >= 15 is 0 Å². The van der Waals surface area contributed by atoms with E-state index in [1.54, 1.807) is 24.3 Å². The number of ether oxygens (including phenoxy) is 1. The van der Waals surface area contributed by atoms with Crippen LogP contribution >= 0.6 is 0 Å². The van der Waals surface area contributed by atoms with E-state index in [4.69, 9.17) is 4.52 Å². The average Bonchev–Trinajstić information content (AvgIpc) is 2.56. The zero-order chi connectivity index (χ0) is 10.1. The van der Waals surface area contributed by atoms with Crippen molar-refractivity contribution in [3.63, 3.8) is 0 Å². The minimum atomic E-state index is -0.828. The zero-order valence-electron chi connectivity index (χ0n) is 7.39. The molecular formula is C9H7NO4. The maximum absolute atomic E-state index is 11.5. The third-order valence-corrected chi connectivity index (χ3v) is 1.83. The molecule has 0 aliphatic heterocycles. The number of benzene rings is 1. The molecule has 1 aromatic heterocycles. The third kappa shape index (κ3) is 1.10. The van der Waals surface area contributed by atoms with Gasteiger partial charge in [-0.05, 0) is 12.1 Å². The molecule has 1 aromatic carbocycles. The van der Waals surface area contributed by atoms with Crippen LogP contribution in [-0.4, -0.2) is 17.9 Å². The minimum absolute atomic E-state index is 0.359. The third-order valence-electron chi connectivity index (χ3n) is 1.83. The van der Waals surface area contributed by atoms with Crippen molar-refractivity contribution in [1.29, 1.82) is 0 Å². The Labute approximate surface area is 78.5 Å². The monoisotopic (exact) mass is 193 g/mol. The van der Waals surface area contributed by atoms with Gasteiger partial charge in [0.1, 0.15) is 0 Å². The highest BCUT2D eigenvalue weighted by molar-refractivity contribution is 5.79. The summed E-state index contributed by atoms with van der Waals surface area (Å²) < 4.78 is 9.95. The fraction of sp³-hybridized carbons (Fsp3) is 0.111. The fourth-order valence-corrected chi connectivity index (χ4v) is 1.18.